The molecule has 2 aromatic rings. The molecule has 3 aliphatic carbocycles. The molecule has 3 fully saturated rings. The fourth-order valence-corrected chi connectivity index (χ4v) is 9.30. The van der Waals surface area contributed by atoms with Crippen LogP contribution in [0.3, 0.4) is 0 Å². The summed E-state index contributed by atoms with van der Waals surface area (Å²) in [5.74, 6) is 0.259. The number of halogens is 3. The number of ether oxygens (including phenoxy) is 3. The quantitative estimate of drug-likeness (QED) is 0.174. The average Bonchev–Trinajstić information content (AvgIpc) is 3.77. The number of hydrogen-bond donors (Lipinski definition) is 0. The summed E-state index contributed by atoms with van der Waals surface area (Å²) in [4.78, 5) is 43.8. The molecular weight excluding hydrogens is 637 g/mol. The first-order valence-corrected chi connectivity index (χ1v) is 17.3. The van der Waals surface area contributed by atoms with E-state index in [1.807, 2.05) is 19.9 Å². The van der Waals surface area contributed by atoms with Crippen LogP contribution >= 0.6 is 0 Å². The summed E-state index contributed by atoms with van der Waals surface area (Å²) in [5, 5.41) is 0. The zero-order valence-electron chi connectivity index (χ0n) is 28.3. The predicted octanol–water partition coefficient (Wildman–Crippen LogP) is 6.33. The van der Waals surface area contributed by atoms with Crippen LogP contribution < -0.4 is 9.47 Å². The van der Waals surface area contributed by atoms with Crippen LogP contribution in [0.15, 0.2) is 42.5 Å². The van der Waals surface area contributed by atoms with Gasteiger partial charge in [-0.1, -0.05) is 32.0 Å². The van der Waals surface area contributed by atoms with Gasteiger partial charge in [-0.05, 0) is 92.3 Å². The molecule has 2 aliphatic heterocycles. The summed E-state index contributed by atoms with van der Waals surface area (Å²) in [6, 6.07) is 8.10. The minimum absolute atomic E-state index is 0.0685. The van der Waals surface area contributed by atoms with Gasteiger partial charge in [-0.25, -0.2) is 0 Å². The Kier molecular flexibility index (Phi) is 8.36. The van der Waals surface area contributed by atoms with Crippen LogP contribution in [0.4, 0.5) is 13.2 Å². The molecule has 0 radical (unpaired) electrons. The number of piperidine rings is 1. The van der Waals surface area contributed by atoms with Crippen molar-refractivity contribution in [1.29, 1.82) is 0 Å². The Morgan fingerprint density at radius 2 is 1.86 bits per heavy atom. The van der Waals surface area contributed by atoms with Crippen molar-refractivity contribution in [2.24, 2.45) is 11.8 Å². The predicted molar refractivity (Wildman–Crippen MR) is 175 cm³/mol. The fourth-order valence-electron chi connectivity index (χ4n) is 9.30. The van der Waals surface area contributed by atoms with Gasteiger partial charge >= 0.3 is 18.1 Å². The number of hydrogen-bond acceptors (Lipinski definition) is 7. The molecule has 2 saturated carbocycles. The molecule has 0 N–H and O–H groups in total. The van der Waals surface area contributed by atoms with Gasteiger partial charge in [0.1, 0.15) is 11.7 Å². The highest BCUT2D eigenvalue weighted by atomic mass is 19.4. The number of alkyl halides is 3. The Labute approximate surface area is 284 Å². The number of amides is 1. The van der Waals surface area contributed by atoms with Gasteiger partial charge in [-0.3, -0.25) is 19.3 Å². The van der Waals surface area contributed by atoms with E-state index in [0.29, 0.717) is 49.6 Å². The lowest BCUT2D eigenvalue weighted by Crippen LogP contribution is -2.79. The zero-order valence-corrected chi connectivity index (χ0v) is 28.3. The minimum Gasteiger partial charge on any atom is -0.483 e. The highest BCUT2D eigenvalue weighted by molar-refractivity contribution is 5.92. The lowest BCUT2D eigenvalue weighted by Gasteiger charge is -2.65. The van der Waals surface area contributed by atoms with Crippen molar-refractivity contribution in [3.05, 3.63) is 64.7 Å². The smallest absolute Gasteiger partial charge is 0.416 e. The molecule has 1 amide bonds. The molecule has 0 aromatic heterocycles. The molecule has 49 heavy (non-hydrogen) atoms. The summed E-state index contributed by atoms with van der Waals surface area (Å²) < 4.78 is 59.5. The molecular formula is C38H43F3N2O6. The maximum absolute atomic E-state index is 14.2. The maximum atomic E-state index is 14.2. The van der Waals surface area contributed by atoms with Crippen molar-refractivity contribution in [3.8, 4) is 11.5 Å². The molecule has 1 saturated heterocycles. The normalized spacial score (nSPS) is 28.6. The maximum Gasteiger partial charge on any atom is 0.416 e. The van der Waals surface area contributed by atoms with Crippen LogP contribution in [-0.4, -0.2) is 71.1 Å². The van der Waals surface area contributed by atoms with E-state index in [1.165, 1.54) is 51.0 Å². The molecule has 7 rings (SSSR count). The van der Waals surface area contributed by atoms with E-state index in [-0.39, 0.29) is 29.4 Å². The van der Waals surface area contributed by atoms with Crippen molar-refractivity contribution < 1.29 is 41.8 Å². The van der Waals surface area contributed by atoms with Crippen LogP contribution in [0.2, 0.25) is 0 Å². The third-order valence-corrected chi connectivity index (χ3v) is 11.1. The van der Waals surface area contributed by atoms with Gasteiger partial charge in [0.15, 0.2) is 11.5 Å². The molecule has 5 aliphatic rings. The Hall–Kier alpha value is -3.86. The van der Waals surface area contributed by atoms with Gasteiger partial charge < -0.3 is 19.1 Å². The highest BCUT2D eigenvalue weighted by Gasteiger charge is 2.76. The molecule has 2 heterocycles. The van der Waals surface area contributed by atoms with Crippen molar-refractivity contribution in [1.82, 2.24) is 9.80 Å². The Morgan fingerprint density at radius 1 is 1.08 bits per heavy atom. The summed E-state index contributed by atoms with van der Waals surface area (Å²) in [6.07, 6.45) is 2.27. The van der Waals surface area contributed by atoms with Gasteiger partial charge in [0.05, 0.1) is 23.1 Å². The van der Waals surface area contributed by atoms with Crippen molar-refractivity contribution >= 4 is 23.9 Å². The first-order chi connectivity index (χ1) is 23.2. The second-order valence-electron chi connectivity index (χ2n) is 14.9. The van der Waals surface area contributed by atoms with Crippen LogP contribution in [0.1, 0.15) is 82.1 Å². The van der Waals surface area contributed by atoms with Crippen LogP contribution in [0.25, 0.3) is 6.08 Å². The summed E-state index contributed by atoms with van der Waals surface area (Å²) in [6.45, 7) is 8.88. The third-order valence-electron chi connectivity index (χ3n) is 11.1. The number of nitrogens with zero attached hydrogens (tertiary/aromatic N) is 2. The Balaban J connectivity index is 1.32. The molecule has 1 spiro atoms. The van der Waals surface area contributed by atoms with E-state index in [2.05, 4.69) is 4.90 Å². The van der Waals surface area contributed by atoms with Crippen LogP contribution in [0, 0.1) is 11.8 Å². The first kappa shape index (κ1) is 33.6. The molecule has 5 atom stereocenters. The molecule has 0 unspecified atom stereocenters. The van der Waals surface area contributed by atoms with E-state index in [4.69, 9.17) is 14.2 Å². The SMILES string of the molecule is CC(=O)Oc1ccc2c3c1O[C@H]1[C@@H](N(CC(C)C)C(=O)C=Cc4cccc(C(F)(F)F)c4)CC[C@@]4(OC(C)=O)[C@@H](C2)N(CC2CC2)CC[C@]314. The van der Waals surface area contributed by atoms with E-state index < -0.39 is 40.9 Å². The number of esters is 2. The largest absolute Gasteiger partial charge is 0.483 e. The second-order valence-corrected chi connectivity index (χ2v) is 14.9. The fraction of sp³-hybridized carbons (Fsp3) is 0.553. The second kappa shape index (κ2) is 12.2. The van der Waals surface area contributed by atoms with Crippen molar-refractivity contribution in [2.75, 3.05) is 19.6 Å². The Bertz CT molecular complexity index is 1700. The van der Waals surface area contributed by atoms with Gasteiger partial charge in [0, 0.05) is 38.6 Å². The molecule has 262 valence electrons. The van der Waals surface area contributed by atoms with E-state index >= 15 is 0 Å². The number of rotatable bonds is 9. The third kappa shape index (κ3) is 5.71. The molecule has 2 bridgehead atoms. The summed E-state index contributed by atoms with van der Waals surface area (Å²) in [5.41, 5.74) is -0.297. The van der Waals surface area contributed by atoms with E-state index in [1.54, 1.807) is 11.0 Å². The van der Waals surface area contributed by atoms with E-state index in [0.717, 1.165) is 36.3 Å². The number of benzene rings is 2. The van der Waals surface area contributed by atoms with Gasteiger partial charge in [-0.2, -0.15) is 13.2 Å². The van der Waals surface area contributed by atoms with Gasteiger partial charge in [-0.15, -0.1) is 0 Å². The zero-order chi connectivity index (χ0) is 34.9. The summed E-state index contributed by atoms with van der Waals surface area (Å²) >= 11 is 0. The molecule has 8 nitrogen and oxygen atoms in total. The number of carbonyl (C=O) groups excluding carboxylic acids is 3. The first-order valence-electron chi connectivity index (χ1n) is 17.3. The Morgan fingerprint density at radius 3 is 2.53 bits per heavy atom. The van der Waals surface area contributed by atoms with E-state index in [9.17, 15) is 27.6 Å². The van der Waals surface area contributed by atoms with Gasteiger partial charge in [0.25, 0.3) is 0 Å². The lowest BCUT2D eigenvalue weighted by molar-refractivity contribution is -0.224. The lowest BCUT2D eigenvalue weighted by atomic mass is 9.48. The topological polar surface area (TPSA) is 85.4 Å². The summed E-state index contributed by atoms with van der Waals surface area (Å²) in [7, 11) is 0. The number of likely N-dealkylation sites (tertiary alicyclic amines) is 1. The monoisotopic (exact) mass is 680 g/mol. The minimum atomic E-state index is -4.50. The van der Waals surface area contributed by atoms with Crippen LogP contribution in [-0.2, 0) is 37.1 Å². The molecule has 11 heteroatoms. The van der Waals surface area contributed by atoms with Crippen molar-refractivity contribution in [2.45, 2.75) is 102 Å². The number of carbonyl (C=O) groups is 3. The highest BCUT2D eigenvalue weighted by Crippen LogP contribution is 2.67. The average molecular weight is 681 g/mol. The van der Waals surface area contributed by atoms with Crippen molar-refractivity contribution in [3.63, 3.8) is 0 Å². The van der Waals surface area contributed by atoms with Crippen LogP contribution in [0.5, 0.6) is 11.5 Å². The standard InChI is InChI=1S/C38H43F3N2O6/c1-22(2)20-43(32(46)13-10-25-6-5-7-28(18-25)38(39,40)41)29-14-15-37(49-24(4)45)31-19-27-11-12-30(47-23(3)44)34-33(27)36(37,35(29)48-34)16-17-42(31)21-26-8-9-26/h5-7,10-13,18,22,26,29,31,35H,8-9,14-17,19-21H2,1-4H3/t29-,31+,35-,36-,37+/m0/s1. The molecule has 2 aromatic carbocycles. The van der Waals surface area contributed by atoms with Gasteiger partial charge in [0.2, 0.25) is 5.91 Å².